The Labute approximate surface area is 105 Å². The smallest absolute Gasteiger partial charge is 0.226 e. The minimum atomic E-state index is 0.542. The van der Waals surface area contributed by atoms with Crippen LogP contribution in [-0.2, 0) is 6.54 Å². The largest absolute Gasteiger partial charge is 0.618 e. The third kappa shape index (κ3) is 1.61. The molecule has 0 radical (unpaired) electrons. The van der Waals surface area contributed by atoms with Crippen LogP contribution in [0, 0.1) is 11.1 Å². The Morgan fingerprint density at radius 3 is 2.89 bits per heavy atom. The van der Waals surface area contributed by atoms with Gasteiger partial charge in [-0.3, -0.25) is 0 Å². The van der Waals surface area contributed by atoms with Crippen molar-refractivity contribution < 1.29 is 4.73 Å². The summed E-state index contributed by atoms with van der Waals surface area (Å²) in [6, 6.07) is 7.65. The molecule has 2 aromatic heterocycles. The molecule has 3 rings (SSSR count). The Morgan fingerprint density at radius 2 is 2.11 bits per heavy atom. The molecule has 0 saturated carbocycles. The van der Waals surface area contributed by atoms with Gasteiger partial charge >= 0.3 is 0 Å². The van der Waals surface area contributed by atoms with E-state index in [2.05, 4.69) is 23.4 Å². The lowest BCUT2D eigenvalue weighted by Crippen LogP contribution is -2.26. The van der Waals surface area contributed by atoms with Crippen LogP contribution in [0.25, 0.3) is 21.9 Å². The van der Waals surface area contributed by atoms with Crippen LogP contribution in [0.4, 0.5) is 0 Å². The molecule has 0 aliphatic carbocycles. The van der Waals surface area contributed by atoms with Gasteiger partial charge in [-0.25, -0.2) is 4.98 Å². The lowest BCUT2D eigenvalue weighted by molar-refractivity contribution is -0.575. The molecule has 0 aliphatic heterocycles. The first kappa shape index (κ1) is 11.0. The molecule has 0 amide bonds. The van der Waals surface area contributed by atoms with Gasteiger partial charge in [0, 0.05) is 12.6 Å². The molecule has 4 heteroatoms. The zero-order valence-corrected chi connectivity index (χ0v) is 10.5. The molecule has 2 heterocycles. The molecule has 1 aromatic carbocycles. The summed E-state index contributed by atoms with van der Waals surface area (Å²) in [6.07, 6.45) is 3.37. The van der Waals surface area contributed by atoms with Gasteiger partial charge in [-0.15, -0.1) is 0 Å². The van der Waals surface area contributed by atoms with Gasteiger partial charge in [-0.2, -0.15) is 4.73 Å². The SMILES string of the molecule is CC(C)Cn1cnc2c[n+]([O-])c3ccccc3c21. The van der Waals surface area contributed by atoms with E-state index in [4.69, 9.17) is 0 Å². The molecule has 0 atom stereocenters. The molecule has 0 saturated heterocycles. The summed E-state index contributed by atoms with van der Waals surface area (Å²) in [7, 11) is 0. The van der Waals surface area contributed by atoms with Crippen LogP contribution in [0.3, 0.4) is 0 Å². The molecule has 0 bridgehead atoms. The first-order chi connectivity index (χ1) is 8.66. The summed E-state index contributed by atoms with van der Waals surface area (Å²) in [4.78, 5) is 4.32. The van der Waals surface area contributed by atoms with Crippen LogP contribution in [0.5, 0.6) is 0 Å². The number of rotatable bonds is 2. The Hall–Kier alpha value is -2.10. The second-order valence-electron chi connectivity index (χ2n) is 5.00. The predicted octanol–water partition coefficient (Wildman–Crippen LogP) is 2.48. The number of para-hydroxylation sites is 1. The standard InChI is InChI=1S/C14H15N3O/c1-10(2)7-16-9-15-12-8-17(18)13-6-4-3-5-11(13)14(12)16/h3-6,8-10H,7H2,1-2H3. The summed E-state index contributed by atoms with van der Waals surface area (Å²) >= 11 is 0. The molecule has 0 aliphatic rings. The highest BCUT2D eigenvalue weighted by Crippen LogP contribution is 2.22. The number of nitrogens with zero attached hydrogens (tertiary/aromatic N) is 3. The molecule has 4 nitrogen and oxygen atoms in total. The molecule has 92 valence electrons. The Bertz CT molecular complexity index is 715. The third-order valence-electron chi connectivity index (χ3n) is 3.06. The third-order valence-corrected chi connectivity index (χ3v) is 3.06. The summed E-state index contributed by atoms with van der Waals surface area (Å²) in [5, 5.41) is 12.9. The Morgan fingerprint density at radius 1 is 1.33 bits per heavy atom. The van der Waals surface area contributed by atoms with Crippen LogP contribution < -0.4 is 4.73 Å². The average molecular weight is 241 g/mol. The van der Waals surface area contributed by atoms with Crippen LogP contribution >= 0.6 is 0 Å². The zero-order valence-electron chi connectivity index (χ0n) is 10.5. The van der Waals surface area contributed by atoms with Gasteiger partial charge < -0.3 is 9.77 Å². The van der Waals surface area contributed by atoms with Crippen molar-refractivity contribution in [3.8, 4) is 0 Å². The van der Waals surface area contributed by atoms with Crippen molar-refractivity contribution in [3.05, 3.63) is 42.0 Å². The van der Waals surface area contributed by atoms with E-state index in [0.29, 0.717) is 11.4 Å². The summed E-state index contributed by atoms with van der Waals surface area (Å²) in [5.74, 6) is 0.542. The lowest BCUT2D eigenvalue weighted by Gasteiger charge is -2.09. The van der Waals surface area contributed by atoms with Crippen molar-refractivity contribution >= 4 is 21.9 Å². The fourth-order valence-corrected chi connectivity index (χ4v) is 2.36. The molecule has 0 unspecified atom stereocenters. The number of benzene rings is 1. The fraction of sp³-hybridized carbons (Fsp3) is 0.286. The number of pyridine rings is 1. The van der Waals surface area contributed by atoms with Crippen LogP contribution in [0.15, 0.2) is 36.8 Å². The van der Waals surface area contributed by atoms with Gasteiger partial charge in [0.25, 0.3) is 0 Å². The topological polar surface area (TPSA) is 44.8 Å². The van der Waals surface area contributed by atoms with Crippen molar-refractivity contribution in [1.29, 1.82) is 0 Å². The van der Waals surface area contributed by atoms with Gasteiger partial charge in [0.05, 0.1) is 17.2 Å². The van der Waals surface area contributed by atoms with E-state index in [1.807, 2.05) is 30.6 Å². The van der Waals surface area contributed by atoms with E-state index >= 15 is 0 Å². The number of imidazole rings is 1. The molecule has 0 spiro atoms. The van der Waals surface area contributed by atoms with E-state index in [1.165, 1.54) is 0 Å². The lowest BCUT2D eigenvalue weighted by atomic mass is 10.1. The number of aromatic nitrogens is 3. The highest BCUT2D eigenvalue weighted by atomic mass is 16.5. The van der Waals surface area contributed by atoms with E-state index in [1.54, 1.807) is 6.20 Å². The minimum Gasteiger partial charge on any atom is -0.618 e. The van der Waals surface area contributed by atoms with Gasteiger partial charge in [0.1, 0.15) is 0 Å². The maximum absolute atomic E-state index is 11.9. The van der Waals surface area contributed by atoms with Crippen molar-refractivity contribution in [1.82, 2.24) is 9.55 Å². The zero-order chi connectivity index (χ0) is 12.7. The summed E-state index contributed by atoms with van der Waals surface area (Å²) < 4.78 is 3.02. The van der Waals surface area contributed by atoms with Crippen molar-refractivity contribution in [2.75, 3.05) is 0 Å². The first-order valence-corrected chi connectivity index (χ1v) is 6.12. The van der Waals surface area contributed by atoms with Crippen LogP contribution in [-0.4, -0.2) is 9.55 Å². The minimum absolute atomic E-state index is 0.542. The van der Waals surface area contributed by atoms with Crippen LogP contribution in [0.1, 0.15) is 13.8 Å². The van der Waals surface area contributed by atoms with Crippen molar-refractivity contribution in [2.45, 2.75) is 20.4 Å². The quantitative estimate of drug-likeness (QED) is 0.511. The highest BCUT2D eigenvalue weighted by Gasteiger charge is 2.14. The fourth-order valence-electron chi connectivity index (χ4n) is 2.36. The maximum atomic E-state index is 11.9. The molecule has 0 N–H and O–H groups in total. The van der Waals surface area contributed by atoms with E-state index in [9.17, 15) is 5.21 Å². The van der Waals surface area contributed by atoms with Crippen LogP contribution in [0.2, 0.25) is 0 Å². The molecular formula is C14H15N3O. The second kappa shape index (κ2) is 3.98. The molecule has 0 fully saturated rings. The normalized spacial score (nSPS) is 11.7. The summed E-state index contributed by atoms with van der Waals surface area (Å²) in [6.45, 7) is 5.25. The van der Waals surface area contributed by atoms with E-state index in [0.717, 1.165) is 27.7 Å². The molecule has 18 heavy (non-hydrogen) atoms. The predicted molar refractivity (Wildman–Crippen MR) is 71.0 cm³/mol. The maximum Gasteiger partial charge on any atom is 0.226 e. The molecular weight excluding hydrogens is 226 g/mol. The van der Waals surface area contributed by atoms with Gasteiger partial charge in [0.15, 0.2) is 5.52 Å². The number of hydrogen-bond acceptors (Lipinski definition) is 2. The van der Waals surface area contributed by atoms with Gasteiger partial charge in [-0.1, -0.05) is 26.0 Å². The second-order valence-corrected chi connectivity index (χ2v) is 5.00. The summed E-state index contributed by atoms with van der Waals surface area (Å²) in [5.41, 5.74) is 2.49. The average Bonchev–Trinajstić information content (AvgIpc) is 2.72. The van der Waals surface area contributed by atoms with Crippen molar-refractivity contribution in [2.24, 2.45) is 5.92 Å². The molecule has 3 aromatic rings. The number of hydrogen-bond donors (Lipinski definition) is 0. The van der Waals surface area contributed by atoms with E-state index in [-0.39, 0.29) is 0 Å². The van der Waals surface area contributed by atoms with Gasteiger partial charge in [-0.05, 0) is 12.0 Å². The Kier molecular flexibility index (Phi) is 2.44. The first-order valence-electron chi connectivity index (χ1n) is 6.12. The van der Waals surface area contributed by atoms with E-state index < -0.39 is 0 Å². The van der Waals surface area contributed by atoms with Gasteiger partial charge in [0.2, 0.25) is 11.7 Å². The van der Waals surface area contributed by atoms with Crippen molar-refractivity contribution in [3.63, 3.8) is 0 Å². The highest BCUT2D eigenvalue weighted by molar-refractivity contribution is 6.00. The monoisotopic (exact) mass is 241 g/mol. The Balaban J connectivity index is 2.39. The number of fused-ring (bicyclic) bond motifs is 3.